The van der Waals surface area contributed by atoms with E-state index < -0.39 is 24.9 Å². The number of hydrogen-bond acceptors (Lipinski definition) is 1. The van der Waals surface area contributed by atoms with Crippen LogP contribution in [0.25, 0.3) is 0 Å². The molecule has 116 valence electrons. The van der Waals surface area contributed by atoms with Crippen molar-refractivity contribution in [2.24, 2.45) is 0 Å². The smallest absolute Gasteiger partial charge is 0.343 e. The molecular weight excluding hydrogens is 303 g/mol. The fourth-order valence-electron chi connectivity index (χ4n) is 2.63. The summed E-state index contributed by atoms with van der Waals surface area (Å²) in [6, 6.07) is 7.60. The van der Waals surface area contributed by atoms with Crippen LogP contribution in [0.3, 0.4) is 0 Å². The third-order valence-electron chi connectivity index (χ3n) is 3.79. The van der Waals surface area contributed by atoms with Crippen LogP contribution < -0.4 is 0 Å². The van der Waals surface area contributed by atoms with Gasteiger partial charge in [0, 0.05) is 24.5 Å². The molecule has 6 heteroatoms. The van der Waals surface area contributed by atoms with E-state index >= 15 is 0 Å². The highest BCUT2D eigenvalue weighted by Crippen LogP contribution is 2.30. The predicted molar refractivity (Wildman–Crippen MR) is 75.3 cm³/mol. The van der Waals surface area contributed by atoms with Crippen molar-refractivity contribution in [2.45, 2.75) is 37.8 Å². The summed E-state index contributed by atoms with van der Waals surface area (Å²) in [5, 5.41) is 0.677. The molecule has 0 saturated carbocycles. The topological polar surface area (TPSA) is 20.3 Å². The van der Waals surface area contributed by atoms with Gasteiger partial charge in [0.1, 0.15) is 0 Å². The molecule has 0 bridgehead atoms. The van der Waals surface area contributed by atoms with Crippen LogP contribution >= 0.6 is 11.6 Å². The molecule has 0 radical (unpaired) electrons. The lowest BCUT2D eigenvalue weighted by molar-refractivity contribution is -0.149. The van der Waals surface area contributed by atoms with E-state index in [0.29, 0.717) is 24.0 Å². The maximum absolute atomic E-state index is 12.1. The number of likely N-dealkylation sites (tertiary alicyclic amines) is 1. The molecule has 0 aliphatic carbocycles. The Morgan fingerprint density at radius 1 is 1.29 bits per heavy atom. The monoisotopic (exact) mass is 319 g/mol. The molecule has 1 amide bonds. The first-order chi connectivity index (χ1) is 9.85. The molecule has 1 aromatic carbocycles. The minimum Gasteiger partial charge on any atom is -0.343 e. The van der Waals surface area contributed by atoms with Crippen LogP contribution in [0.4, 0.5) is 13.2 Å². The van der Waals surface area contributed by atoms with E-state index in [1.54, 1.807) is 6.07 Å². The van der Waals surface area contributed by atoms with Gasteiger partial charge >= 0.3 is 6.18 Å². The summed E-state index contributed by atoms with van der Waals surface area (Å²) in [5.74, 6) is -0.0905. The lowest BCUT2D eigenvalue weighted by Gasteiger charge is -2.32. The Morgan fingerprint density at radius 2 is 1.95 bits per heavy atom. The van der Waals surface area contributed by atoms with Gasteiger partial charge in [0.15, 0.2) is 0 Å². The lowest BCUT2D eigenvalue weighted by atomic mass is 9.89. The number of hydrogen-bond donors (Lipinski definition) is 0. The molecule has 2 nitrogen and oxygen atoms in total. The van der Waals surface area contributed by atoms with Crippen LogP contribution in [-0.2, 0) is 4.79 Å². The largest absolute Gasteiger partial charge is 0.389 e. The van der Waals surface area contributed by atoms with Crippen molar-refractivity contribution in [3.63, 3.8) is 0 Å². The number of carbonyl (C=O) groups is 1. The highest BCUT2D eigenvalue weighted by molar-refractivity contribution is 6.30. The van der Waals surface area contributed by atoms with Gasteiger partial charge in [-0.15, -0.1) is 0 Å². The Hall–Kier alpha value is -1.23. The molecule has 0 atom stereocenters. The van der Waals surface area contributed by atoms with Gasteiger partial charge < -0.3 is 4.90 Å². The Morgan fingerprint density at radius 3 is 2.52 bits per heavy atom. The van der Waals surface area contributed by atoms with Crippen LogP contribution in [0.5, 0.6) is 0 Å². The summed E-state index contributed by atoms with van der Waals surface area (Å²) < 4.78 is 36.4. The Balaban J connectivity index is 1.84. The summed E-state index contributed by atoms with van der Waals surface area (Å²) >= 11 is 5.96. The number of rotatable bonds is 3. The van der Waals surface area contributed by atoms with Crippen molar-refractivity contribution in [1.29, 1.82) is 0 Å². The highest BCUT2D eigenvalue weighted by Gasteiger charge is 2.30. The molecule has 2 rings (SSSR count). The Kier molecular flexibility index (Phi) is 5.14. The van der Waals surface area contributed by atoms with E-state index in [0.717, 1.165) is 18.4 Å². The normalized spacial score (nSPS) is 17.0. The molecule has 0 aromatic heterocycles. The second kappa shape index (κ2) is 6.69. The minimum atomic E-state index is -4.27. The van der Waals surface area contributed by atoms with Crippen LogP contribution in [0.1, 0.15) is 37.2 Å². The van der Waals surface area contributed by atoms with Crippen LogP contribution in [0.2, 0.25) is 5.02 Å². The standard InChI is InChI=1S/C15H17ClF3NO/c16-13-3-1-2-12(10-13)11-5-8-20(9-6-11)14(21)4-7-15(17,18)19/h1-3,10-11H,4-9H2. The average Bonchev–Trinajstić information content (AvgIpc) is 2.44. The zero-order chi connectivity index (χ0) is 15.5. The van der Waals surface area contributed by atoms with E-state index in [1.165, 1.54) is 4.90 Å². The van der Waals surface area contributed by atoms with E-state index in [-0.39, 0.29) is 0 Å². The third kappa shape index (κ3) is 4.92. The SMILES string of the molecule is O=C(CCC(F)(F)F)N1CCC(c2cccc(Cl)c2)CC1. The quantitative estimate of drug-likeness (QED) is 0.809. The zero-order valence-electron chi connectivity index (χ0n) is 11.5. The summed E-state index contributed by atoms with van der Waals surface area (Å²) in [5.41, 5.74) is 1.13. The number of amides is 1. The number of carbonyl (C=O) groups excluding carboxylic acids is 1. The molecule has 1 fully saturated rings. The maximum atomic E-state index is 12.1. The second-order valence-electron chi connectivity index (χ2n) is 5.33. The van der Waals surface area contributed by atoms with Gasteiger partial charge in [-0.05, 0) is 36.5 Å². The average molecular weight is 320 g/mol. The van der Waals surface area contributed by atoms with Gasteiger partial charge in [0.25, 0.3) is 0 Å². The number of piperidine rings is 1. The molecule has 21 heavy (non-hydrogen) atoms. The minimum absolute atomic E-state index is 0.315. The molecule has 0 spiro atoms. The van der Waals surface area contributed by atoms with Crippen LogP contribution in [0, 0.1) is 0 Å². The first kappa shape index (κ1) is 16.1. The van der Waals surface area contributed by atoms with Gasteiger partial charge in [0.2, 0.25) is 5.91 Å². The van der Waals surface area contributed by atoms with Crippen molar-refractivity contribution in [3.05, 3.63) is 34.9 Å². The number of halogens is 4. The Bertz CT molecular complexity index is 496. The summed E-state index contributed by atoms with van der Waals surface area (Å²) in [7, 11) is 0. The fourth-order valence-corrected chi connectivity index (χ4v) is 2.83. The number of nitrogens with zero attached hydrogens (tertiary/aromatic N) is 1. The maximum Gasteiger partial charge on any atom is 0.389 e. The second-order valence-corrected chi connectivity index (χ2v) is 5.76. The van der Waals surface area contributed by atoms with Crippen molar-refractivity contribution in [1.82, 2.24) is 4.90 Å². The van der Waals surface area contributed by atoms with E-state index in [1.807, 2.05) is 18.2 Å². The summed E-state index contributed by atoms with van der Waals surface area (Å²) in [6.45, 7) is 1.02. The number of benzene rings is 1. The fraction of sp³-hybridized carbons (Fsp3) is 0.533. The zero-order valence-corrected chi connectivity index (χ0v) is 12.3. The summed E-state index contributed by atoms with van der Waals surface area (Å²) in [4.78, 5) is 13.3. The molecular formula is C15H17ClF3NO. The first-order valence-electron chi connectivity index (χ1n) is 6.95. The van der Waals surface area contributed by atoms with Gasteiger partial charge in [-0.2, -0.15) is 13.2 Å². The Labute approximate surface area is 126 Å². The molecule has 1 aliphatic heterocycles. The summed E-state index contributed by atoms with van der Waals surface area (Å²) in [6.07, 6.45) is -4.24. The highest BCUT2D eigenvalue weighted by atomic mass is 35.5. The predicted octanol–water partition coefficient (Wildman–Crippen LogP) is 4.39. The van der Waals surface area contributed by atoms with Crippen molar-refractivity contribution >= 4 is 17.5 Å². The van der Waals surface area contributed by atoms with Crippen LogP contribution in [-0.4, -0.2) is 30.1 Å². The van der Waals surface area contributed by atoms with Crippen molar-refractivity contribution in [3.8, 4) is 0 Å². The van der Waals surface area contributed by atoms with Gasteiger partial charge in [-0.1, -0.05) is 23.7 Å². The molecule has 1 saturated heterocycles. The number of alkyl halides is 3. The van der Waals surface area contributed by atoms with Gasteiger partial charge in [-0.25, -0.2) is 0 Å². The molecule has 1 heterocycles. The first-order valence-corrected chi connectivity index (χ1v) is 7.33. The molecule has 0 N–H and O–H groups in total. The molecule has 1 aliphatic rings. The lowest BCUT2D eigenvalue weighted by Crippen LogP contribution is -2.38. The molecule has 0 unspecified atom stereocenters. The van der Waals surface area contributed by atoms with Crippen LogP contribution in [0.15, 0.2) is 24.3 Å². The van der Waals surface area contributed by atoms with E-state index in [9.17, 15) is 18.0 Å². The van der Waals surface area contributed by atoms with Gasteiger partial charge in [0.05, 0.1) is 6.42 Å². The van der Waals surface area contributed by atoms with Gasteiger partial charge in [-0.3, -0.25) is 4.79 Å². The van der Waals surface area contributed by atoms with Crippen molar-refractivity contribution in [2.75, 3.05) is 13.1 Å². The third-order valence-corrected chi connectivity index (χ3v) is 4.03. The van der Waals surface area contributed by atoms with E-state index in [4.69, 9.17) is 11.6 Å². The van der Waals surface area contributed by atoms with Crippen molar-refractivity contribution < 1.29 is 18.0 Å². The molecule has 1 aromatic rings. The van der Waals surface area contributed by atoms with E-state index in [2.05, 4.69) is 0 Å².